The van der Waals surface area contributed by atoms with E-state index in [1.165, 1.54) is 50.5 Å². The fourth-order valence-corrected chi connectivity index (χ4v) is 4.19. The highest BCUT2D eigenvalue weighted by atomic mass is 14.3. The molecule has 0 bridgehead atoms. The number of benzene rings is 2. The van der Waals surface area contributed by atoms with Gasteiger partial charge in [0.15, 0.2) is 0 Å². The molecule has 0 atom stereocenters. The topological polar surface area (TPSA) is 0 Å². The van der Waals surface area contributed by atoms with Gasteiger partial charge in [-0.25, -0.2) is 0 Å². The minimum Gasteiger partial charge on any atom is -0.0979 e. The van der Waals surface area contributed by atoms with Crippen LogP contribution in [0.2, 0.25) is 0 Å². The Morgan fingerprint density at radius 3 is 1.79 bits per heavy atom. The van der Waals surface area contributed by atoms with Crippen LogP contribution in [0.1, 0.15) is 99.8 Å². The lowest BCUT2D eigenvalue weighted by atomic mass is 9.77. The Hall–Kier alpha value is -2.44. The van der Waals surface area contributed by atoms with E-state index >= 15 is 0 Å². The highest BCUT2D eigenvalue weighted by molar-refractivity contribution is 5.46. The molecule has 0 spiro atoms. The Morgan fingerprint density at radius 1 is 0.690 bits per heavy atom. The van der Waals surface area contributed by atoms with Crippen molar-refractivity contribution in [1.29, 1.82) is 0 Å². The van der Waals surface area contributed by atoms with E-state index in [1.807, 2.05) is 0 Å². The Bertz CT molecular complexity index is 854. The van der Waals surface area contributed by atoms with Crippen LogP contribution in [0.4, 0.5) is 0 Å². The number of unbranched alkanes of at least 4 members (excludes halogenated alkanes) is 2. The van der Waals surface area contributed by atoms with Crippen LogP contribution >= 0.6 is 0 Å². The third kappa shape index (κ3) is 6.84. The third-order valence-corrected chi connectivity index (χ3v) is 6.04. The standard InChI is InChI=1S/C29H34/c1-3-5-7-9-25-10-12-26(13-11-25)14-15-27-18-22-29(23-19-27)28-20-16-24(17-21-28)8-6-4-2/h10-13,18-19,22-24,28H,3-6,8,16-17,20-21H2,1-2H3/t24-,28-. The average molecular weight is 383 g/mol. The Kier molecular flexibility index (Phi) is 8.46. The minimum absolute atomic E-state index is 0.747. The Balaban J connectivity index is 1.54. The fraction of sp³-hybridized carbons (Fsp3) is 0.448. The molecule has 0 aromatic heterocycles. The Morgan fingerprint density at radius 2 is 1.24 bits per heavy atom. The summed E-state index contributed by atoms with van der Waals surface area (Å²) in [6, 6.07) is 17.2. The maximum absolute atomic E-state index is 3.31. The second kappa shape index (κ2) is 11.5. The molecule has 2 aromatic carbocycles. The molecule has 1 aliphatic rings. The van der Waals surface area contributed by atoms with Gasteiger partial charge in [-0.2, -0.15) is 0 Å². The van der Waals surface area contributed by atoms with Crippen molar-refractivity contribution in [2.75, 3.05) is 0 Å². The summed E-state index contributed by atoms with van der Waals surface area (Å²) < 4.78 is 0. The lowest BCUT2D eigenvalue weighted by molar-refractivity contribution is 0.304. The molecule has 0 unspecified atom stereocenters. The van der Waals surface area contributed by atoms with Gasteiger partial charge < -0.3 is 0 Å². The molecule has 0 heteroatoms. The van der Waals surface area contributed by atoms with E-state index in [4.69, 9.17) is 0 Å². The molecule has 0 saturated heterocycles. The second-order valence-corrected chi connectivity index (χ2v) is 8.36. The lowest BCUT2D eigenvalue weighted by Crippen LogP contribution is -2.13. The van der Waals surface area contributed by atoms with Gasteiger partial charge in [0.2, 0.25) is 0 Å². The first kappa shape index (κ1) is 21.3. The van der Waals surface area contributed by atoms with Crippen molar-refractivity contribution in [1.82, 2.24) is 0 Å². The largest absolute Gasteiger partial charge is 0.0979 e. The van der Waals surface area contributed by atoms with Gasteiger partial charge in [0, 0.05) is 23.1 Å². The summed E-state index contributed by atoms with van der Waals surface area (Å²) in [6.45, 7) is 4.45. The molecule has 0 amide bonds. The van der Waals surface area contributed by atoms with E-state index in [2.05, 4.69) is 86.1 Å². The lowest BCUT2D eigenvalue weighted by Gasteiger charge is -2.28. The van der Waals surface area contributed by atoms with Gasteiger partial charge in [-0.1, -0.05) is 68.9 Å². The molecular formula is C29H34. The predicted molar refractivity (Wildman–Crippen MR) is 125 cm³/mol. The van der Waals surface area contributed by atoms with E-state index in [9.17, 15) is 0 Å². The van der Waals surface area contributed by atoms with Gasteiger partial charge in [0.25, 0.3) is 0 Å². The summed E-state index contributed by atoms with van der Waals surface area (Å²) in [5.74, 6) is 14.7. The maximum atomic E-state index is 3.31. The highest BCUT2D eigenvalue weighted by Gasteiger charge is 2.21. The minimum atomic E-state index is 0.747. The van der Waals surface area contributed by atoms with Crippen molar-refractivity contribution < 1.29 is 0 Å². The molecule has 2 aromatic rings. The summed E-state index contributed by atoms with van der Waals surface area (Å²) in [7, 11) is 0. The first-order chi connectivity index (χ1) is 14.3. The van der Waals surface area contributed by atoms with Gasteiger partial charge in [-0.3, -0.25) is 0 Å². The van der Waals surface area contributed by atoms with Crippen LogP contribution in [0.5, 0.6) is 0 Å². The van der Waals surface area contributed by atoms with Crippen LogP contribution < -0.4 is 0 Å². The molecular weight excluding hydrogens is 348 g/mol. The van der Waals surface area contributed by atoms with Crippen LogP contribution in [-0.4, -0.2) is 0 Å². The predicted octanol–water partition coefficient (Wildman–Crippen LogP) is 7.70. The van der Waals surface area contributed by atoms with Crippen LogP contribution in [0.3, 0.4) is 0 Å². The van der Waals surface area contributed by atoms with Crippen molar-refractivity contribution in [2.24, 2.45) is 5.92 Å². The maximum Gasteiger partial charge on any atom is 0.0249 e. The first-order valence-corrected chi connectivity index (χ1v) is 11.5. The van der Waals surface area contributed by atoms with E-state index in [1.54, 1.807) is 0 Å². The smallest absolute Gasteiger partial charge is 0.0249 e. The van der Waals surface area contributed by atoms with Gasteiger partial charge in [0.05, 0.1) is 0 Å². The molecule has 0 nitrogen and oxygen atoms in total. The first-order valence-electron chi connectivity index (χ1n) is 11.5. The van der Waals surface area contributed by atoms with E-state index in [0.717, 1.165) is 41.4 Å². The van der Waals surface area contributed by atoms with Crippen LogP contribution in [0, 0.1) is 29.6 Å². The van der Waals surface area contributed by atoms with Crippen molar-refractivity contribution >= 4 is 0 Å². The molecule has 1 saturated carbocycles. The SMILES string of the molecule is CCCC#Cc1ccc(C#Cc2ccc([C@H]3CC[C@H](CCCC)CC3)cc2)cc1. The van der Waals surface area contributed by atoms with Crippen molar-refractivity contribution in [3.8, 4) is 23.7 Å². The highest BCUT2D eigenvalue weighted by Crippen LogP contribution is 2.37. The van der Waals surface area contributed by atoms with E-state index in [-0.39, 0.29) is 0 Å². The van der Waals surface area contributed by atoms with Crippen molar-refractivity contribution in [3.05, 3.63) is 70.8 Å². The van der Waals surface area contributed by atoms with Gasteiger partial charge >= 0.3 is 0 Å². The van der Waals surface area contributed by atoms with Crippen LogP contribution in [0.25, 0.3) is 0 Å². The van der Waals surface area contributed by atoms with Gasteiger partial charge in [-0.05, 0) is 85.9 Å². The van der Waals surface area contributed by atoms with E-state index < -0.39 is 0 Å². The molecule has 150 valence electrons. The zero-order chi connectivity index (χ0) is 20.3. The summed E-state index contributed by atoms with van der Waals surface area (Å²) in [5.41, 5.74) is 4.70. The molecule has 3 rings (SSSR count). The molecule has 1 fully saturated rings. The molecule has 29 heavy (non-hydrogen) atoms. The zero-order valence-electron chi connectivity index (χ0n) is 18.1. The summed E-state index contributed by atoms with van der Waals surface area (Å²) >= 11 is 0. The van der Waals surface area contributed by atoms with Crippen molar-refractivity contribution in [2.45, 2.75) is 77.6 Å². The van der Waals surface area contributed by atoms with Gasteiger partial charge in [-0.15, -0.1) is 0 Å². The van der Waals surface area contributed by atoms with E-state index in [0.29, 0.717) is 0 Å². The summed E-state index contributed by atoms with van der Waals surface area (Å²) in [5, 5.41) is 0. The monoisotopic (exact) mass is 382 g/mol. The zero-order valence-corrected chi connectivity index (χ0v) is 18.1. The van der Waals surface area contributed by atoms with Crippen LogP contribution in [-0.2, 0) is 0 Å². The molecule has 0 N–H and O–H groups in total. The quantitative estimate of drug-likeness (QED) is 0.465. The number of hydrogen-bond donors (Lipinski definition) is 0. The summed E-state index contributed by atoms with van der Waals surface area (Å²) in [4.78, 5) is 0. The van der Waals surface area contributed by atoms with Crippen molar-refractivity contribution in [3.63, 3.8) is 0 Å². The van der Waals surface area contributed by atoms with Gasteiger partial charge in [0.1, 0.15) is 0 Å². The number of rotatable bonds is 5. The molecule has 0 heterocycles. The molecule has 0 radical (unpaired) electrons. The third-order valence-electron chi connectivity index (χ3n) is 6.04. The molecule has 1 aliphatic carbocycles. The normalized spacial score (nSPS) is 18.3. The second-order valence-electron chi connectivity index (χ2n) is 8.36. The van der Waals surface area contributed by atoms with Crippen LogP contribution in [0.15, 0.2) is 48.5 Å². The average Bonchev–Trinajstić information content (AvgIpc) is 2.78. The molecule has 0 aliphatic heterocycles. The Labute approximate surface area is 178 Å². The fourth-order valence-electron chi connectivity index (χ4n) is 4.19. The summed E-state index contributed by atoms with van der Waals surface area (Å²) in [6.07, 6.45) is 11.8. The number of hydrogen-bond acceptors (Lipinski definition) is 0.